The molecule has 1 fully saturated rings. The van der Waals surface area contributed by atoms with Crippen molar-refractivity contribution >= 4 is 17.5 Å². The van der Waals surface area contributed by atoms with Gasteiger partial charge in [-0.15, -0.1) is 6.58 Å². The Bertz CT molecular complexity index is 525. The molecule has 0 aromatic heterocycles. The van der Waals surface area contributed by atoms with Crippen LogP contribution in [-0.4, -0.2) is 30.9 Å². The first-order valence-electron chi connectivity index (χ1n) is 7.15. The highest BCUT2D eigenvalue weighted by Gasteiger charge is 2.29. The van der Waals surface area contributed by atoms with Gasteiger partial charge < -0.3 is 16.0 Å². The molecule has 2 rings (SSSR count). The van der Waals surface area contributed by atoms with E-state index in [1.54, 1.807) is 30.3 Å². The largest absolute Gasteiger partial charge is 0.349 e. The second-order valence-electron chi connectivity index (χ2n) is 5.20. The molecule has 1 heterocycles. The van der Waals surface area contributed by atoms with Crippen molar-refractivity contribution in [1.82, 2.24) is 10.6 Å². The summed E-state index contributed by atoms with van der Waals surface area (Å²) < 4.78 is 0. The smallest absolute Gasteiger partial charge is 0.251 e. The van der Waals surface area contributed by atoms with Crippen molar-refractivity contribution in [2.45, 2.75) is 19.4 Å². The standard InChI is InChI=1S/C16H21N3O2/c1-3-9-18-15(20)12-4-6-13(7-5-12)19-16(21)14-8-10-17-11(14)2/h3-7,11,14,17H,1,8-10H2,2H3,(H,18,20)(H,19,21). The van der Waals surface area contributed by atoms with E-state index < -0.39 is 0 Å². The first kappa shape index (κ1) is 15.3. The minimum absolute atomic E-state index is 0.000525. The van der Waals surface area contributed by atoms with E-state index in [-0.39, 0.29) is 23.8 Å². The predicted octanol–water partition coefficient (Wildman–Crippen LogP) is 1.54. The molecule has 0 saturated carbocycles. The maximum Gasteiger partial charge on any atom is 0.251 e. The van der Waals surface area contributed by atoms with Crippen LogP contribution in [0.3, 0.4) is 0 Å². The van der Waals surface area contributed by atoms with E-state index in [0.717, 1.165) is 13.0 Å². The fourth-order valence-electron chi connectivity index (χ4n) is 2.42. The number of hydrogen-bond donors (Lipinski definition) is 3. The van der Waals surface area contributed by atoms with E-state index in [9.17, 15) is 9.59 Å². The van der Waals surface area contributed by atoms with Crippen molar-refractivity contribution in [2.24, 2.45) is 5.92 Å². The average Bonchev–Trinajstić information content (AvgIpc) is 2.91. The molecule has 1 aromatic rings. The lowest BCUT2D eigenvalue weighted by atomic mass is 10.0. The molecule has 5 heteroatoms. The molecule has 0 spiro atoms. The van der Waals surface area contributed by atoms with Crippen molar-refractivity contribution in [1.29, 1.82) is 0 Å². The SMILES string of the molecule is C=CCNC(=O)c1ccc(NC(=O)C2CCNC2C)cc1. The zero-order valence-electron chi connectivity index (χ0n) is 12.2. The highest BCUT2D eigenvalue weighted by atomic mass is 16.2. The third-order valence-corrected chi connectivity index (χ3v) is 3.68. The molecule has 3 N–H and O–H groups in total. The number of carbonyl (C=O) groups is 2. The van der Waals surface area contributed by atoms with Crippen LogP contribution in [0, 0.1) is 5.92 Å². The van der Waals surface area contributed by atoms with Gasteiger partial charge in [0.25, 0.3) is 5.91 Å². The minimum Gasteiger partial charge on any atom is -0.349 e. The van der Waals surface area contributed by atoms with Gasteiger partial charge in [-0.1, -0.05) is 6.08 Å². The summed E-state index contributed by atoms with van der Waals surface area (Å²) in [6.07, 6.45) is 2.48. The van der Waals surface area contributed by atoms with E-state index in [2.05, 4.69) is 22.5 Å². The van der Waals surface area contributed by atoms with Crippen LogP contribution in [0.25, 0.3) is 0 Å². The Kier molecular flexibility index (Phi) is 5.11. The fourth-order valence-corrected chi connectivity index (χ4v) is 2.42. The van der Waals surface area contributed by atoms with E-state index in [0.29, 0.717) is 17.8 Å². The Labute approximate surface area is 124 Å². The molecular formula is C16H21N3O2. The monoisotopic (exact) mass is 287 g/mol. The van der Waals surface area contributed by atoms with Gasteiger partial charge in [0.05, 0.1) is 5.92 Å². The number of anilines is 1. The first-order chi connectivity index (χ1) is 10.1. The molecule has 112 valence electrons. The normalized spacial score (nSPS) is 20.8. The lowest BCUT2D eigenvalue weighted by Crippen LogP contribution is -2.32. The Morgan fingerprint density at radius 2 is 2.10 bits per heavy atom. The fraction of sp³-hybridized carbons (Fsp3) is 0.375. The molecule has 2 unspecified atom stereocenters. The van der Waals surface area contributed by atoms with Gasteiger partial charge in [-0.2, -0.15) is 0 Å². The van der Waals surface area contributed by atoms with Gasteiger partial charge in [0, 0.05) is 23.8 Å². The summed E-state index contributed by atoms with van der Waals surface area (Å²) in [6.45, 7) is 6.88. The third-order valence-electron chi connectivity index (χ3n) is 3.68. The lowest BCUT2D eigenvalue weighted by Gasteiger charge is -2.15. The molecule has 5 nitrogen and oxygen atoms in total. The predicted molar refractivity (Wildman–Crippen MR) is 83.2 cm³/mol. The van der Waals surface area contributed by atoms with Crippen LogP contribution >= 0.6 is 0 Å². The Hall–Kier alpha value is -2.14. The van der Waals surface area contributed by atoms with Crippen molar-refractivity contribution in [3.8, 4) is 0 Å². The summed E-state index contributed by atoms with van der Waals surface area (Å²) in [5.74, 6) is -0.127. The number of amides is 2. The van der Waals surface area contributed by atoms with Crippen LogP contribution in [0.2, 0.25) is 0 Å². The molecular weight excluding hydrogens is 266 g/mol. The van der Waals surface area contributed by atoms with Gasteiger partial charge in [0.1, 0.15) is 0 Å². The zero-order chi connectivity index (χ0) is 15.2. The number of nitrogens with one attached hydrogen (secondary N) is 3. The maximum absolute atomic E-state index is 12.1. The van der Waals surface area contributed by atoms with Crippen LogP contribution in [0.15, 0.2) is 36.9 Å². The van der Waals surface area contributed by atoms with E-state index in [1.807, 2.05) is 6.92 Å². The topological polar surface area (TPSA) is 70.2 Å². The Balaban J connectivity index is 1.94. The second-order valence-corrected chi connectivity index (χ2v) is 5.20. The van der Waals surface area contributed by atoms with Gasteiger partial charge in [0.2, 0.25) is 5.91 Å². The molecule has 0 radical (unpaired) electrons. The van der Waals surface area contributed by atoms with Crippen LogP contribution in [0.4, 0.5) is 5.69 Å². The Morgan fingerprint density at radius 1 is 1.38 bits per heavy atom. The highest BCUT2D eigenvalue weighted by molar-refractivity contribution is 5.96. The lowest BCUT2D eigenvalue weighted by molar-refractivity contribution is -0.120. The van der Waals surface area contributed by atoms with E-state index in [4.69, 9.17) is 0 Å². The summed E-state index contributed by atoms with van der Waals surface area (Å²) in [7, 11) is 0. The molecule has 2 atom stereocenters. The third kappa shape index (κ3) is 3.92. The number of rotatable bonds is 5. The number of hydrogen-bond acceptors (Lipinski definition) is 3. The van der Waals surface area contributed by atoms with Crippen molar-refractivity contribution in [3.05, 3.63) is 42.5 Å². The summed E-state index contributed by atoms with van der Waals surface area (Å²) in [4.78, 5) is 23.9. The van der Waals surface area contributed by atoms with Crippen LogP contribution in [0.5, 0.6) is 0 Å². The van der Waals surface area contributed by atoms with Gasteiger partial charge >= 0.3 is 0 Å². The van der Waals surface area contributed by atoms with Crippen LogP contribution in [0.1, 0.15) is 23.7 Å². The summed E-state index contributed by atoms with van der Waals surface area (Å²) >= 11 is 0. The summed E-state index contributed by atoms with van der Waals surface area (Å²) in [6, 6.07) is 7.09. The average molecular weight is 287 g/mol. The minimum atomic E-state index is -0.151. The first-order valence-corrected chi connectivity index (χ1v) is 7.15. The molecule has 1 saturated heterocycles. The molecule has 21 heavy (non-hydrogen) atoms. The summed E-state index contributed by atoms with van der Waals surface area (Å²) in [5, 5.41) is 8.86. The number of carbonyl (C=O) groups excluding carboxylic acids is 2. The Morgan fingerprint density at radius 3 is 2.67 bits per heavy atom. The quantitative estimate of drug-likeness (QED) is 0.719. The van der Waals surface area contributed by atoms with Gasteiger partial charge in [-0.25, -0.2) is 0 Å². The van der Waals surface area contributed by atoms with Crippen LogP contribution < -0.4 is 16.0 Å². The molecule has 0 aliphatic carbocycles. The van der Waals surface area contributed by atoms with Crippen LogP contribution in [-0.2, 0) is 4.79 Å². The molecule has 1 aliphatic rings. The van der Waals surface area contributed by atoms with E-state index in [1.165, 1.54) is 0 Å². The molecule has 0 bridgehead atoms. The van der Waals surface area contributed by atoms with E-state index >= 15 is 0 Å². The zero-order valence-corrected chi connectivity index (χ0v) is 12.2. The maximum atomic E-state index is 12.1. The highest BCUT2D eigenvalue weighted by Crippen LogP contribution is 2.18. The number of benzene rings is 1. The van der Waals surface area contributed by atoms with Crippen molar-refractivity contribution in [3.63, 3.8) is 0 Å². The molecule has 2 amide bonds. The van der Waals surface area contributed by atoms with Gasteiger partial charge in [-0.3, -0.25) is 9.59 Å². The second kappa shape index (κ2) is 7.04. The van der Waals surface area contributed by atoms with Gasteiger partial charge in [-0.05, 0) is 44.2 Å². The molecule has 1 aromatic carbocycles. The van der Waals surface area contributed by atoms with Crippen molar-refractivity contribution < 1.29 is 9.59 Å². The summed E-state index contributed by atoms with van der Waals surface area (Å²) in [5.41, 5.74) is 1.27. The van der Waals surface area contributed by atoms with Crippen molar-refractivity contribution in [2.75, 3.05) is 18.4 Å². The molecule has 1 aliphatic heterocycles. The van der Waals surface area contributed by atoms with Gasteiger partial charge in [0.15, 0.2) is 0 Å².